The first-order valence-corrected chi connectivity index (χ1v) is 6.06. The Balaban J connectivity index is 2.20. The van der Waals surface area contributed by atoms with Crippen LogP contribution in [0.25, 0.3) is 0 Å². The predicted molar refractivity (Wildman–Crippen MR) is 74.6 cm³/mol. The van der Waals surface area contributed by atoms with Crippen molar-refractivity contribution in [2.45, 2.75) is 27.3 Å². The van der Waals surface area contributed by atoms with E-state index in [-0.39, 0.29) is 0 Å². The van der Waals surface area contributed by atoms with Gasteiger partial charge >= 0.3 is 0 Å². The van der Waals surface area contributed by atoms with E-state index in [2.05, 4.69) is 25.8 Å². The number of hydrogen-bond donors (Lipinski definition) is 3. The van der Waals surface area contributed by atoms with Gasteiger partial charge in [-0.05, 0) is 20.8 Å². The first-order chi connectivity index (χ1) is 9.01. The zero-order valence-electron chi connectivity index (χ0n) is 11.7. The minimum Gasteiger partial charge on any atom is -0.365 e. The second-order valence-electron chi connectivity index (χ2n) is 4.50. The second kappa shape index (κ2) is 5.23. The summed E-state index contributed by atoms with van der Waals surface area (Å²) in [5, 5.41) is 7.61. The van der Waals surface area contributed by atoms with Crippen molar-refractivity contribution in [2.24, 2.45) is 12.9 Å². The van der Waals surface area contributed by atoms with Gasteiger partial charge in [0, 0.05) is 30.9 Å². The molecule has 2 aromatic rings. The summed E-state index contributed by atoms with van der Waals surface area (Å²) >= 11 is 0. The van der Waals surface area contributed by atoms with Crippen LogP contribution < -0.4 is 16.6 Å². The maximum atomic E-state index is 5.44. The molecule has 7 nitrogen and oxygen atoms in total. The predicted octanol–water partition coefficient (Wildman–Crippen LogP) is 1.03. The molecule has 0 spiro atoms. The zero-order valence-corrected chi connectivity index (χ0v) is 11.7. The SMILES string of the molecule is Cc1nc(NN)c(C)c(NCc2cn(C)nc2C)n1. The van der Waals surface area contributed by atoms with Crippen LogP contribution in [-0.4, -0.2) is 19.7 Å². The van der Waals surface area contributed by atoms with Crippen LogP contribution in [0.15, 0.2) is 6.20 Å². The maximum Gasteiger partial charge on any atom is 0.148 e. The van der Waals surface area contributed by atoms with Crippen LogP contribution in [0.5, 0.6) is 0 Å². The summed E-state index contributed by atoms with van der Waals surface area (Å²) in [6.45, 7) is 6.41. The summed E-state index contributed by atoms with van der Waals surface area (Å²) in [5.41, 5.74) is 5.63. The molecule has 2 aromatic heterocycles. The summed E-state index contributed by atoms with van der Waals surface area (Å²) in [6, 6.07) is 0. The van der Waals surface area contributed by atoms with Gasteiger partial charge in [-0.25, -0.2) is 15.8 Å². The van der Waals surface area contributed by atoms with Crippen molar-refractivity contribution >= 4 is 11.6 Å². The smallest absolute Gasteiger partial charge is 0.148 e. The number of aromatic nitrogens is 4. The average molecular weight is 261 g/mol. The molecule has 0 radical (unpaired) electrons. The topological polar surface area (TPSA) is 93.7 Å². The molecule has 0 saturated carbocycles. The van der Waals surface area contributed by atoms with Gasteiger partial charge in [0.2, 0.25) is 0 Å². The van der Waals surface area contributed by atoms with Crippen LogP contribution in [0, 0.1) is 20.8 Å². The van der Waals surface area contributed by atoms with E-state index < -0.39 is 0 Å². The van der Waals surface area contributed by atoms with Gasteiger partial charge in [-0.2, -0.15) is 5.10 Å². The first-order valence-electron chi connectivity index (χ1n) is 6.06. The monoisotopic (exact) mass is 261 g/mol. The van der Waals surface area contributed by atoms with Gasteiger partial charge in [0.1, 0.15) is 17.5 Å². The molecule has 7 heteroatoms. The third-order valence-corrected chi connectivity index (χ3v) is 2.96. The quantitative estimate of drug-likeness (QED) is 0.562. The van der Waals surface area contributed by atoms with Crippen molar-refractivity contribution in [2.75, 3.05) is 10.7 Å². The third kappa shape index (κ3) is 2.82. The molecule has 0 aliphatic rings. The Labute approximate surface area is 112 Å². The maximum absolute atomic E-state index is 5.44. The van der Waals surface area contributed by atoms with Crippen molar-refractivity contribution in [1.29, 1.82) is 0 Å². The Kier molecular flexibility index (Phi) is 3.66. The molecule has 0 aliphatic carbocycles. The van der Waals surface area contributed by atoms with Crippen molar-refractivity contribution < 1.29 is 0 Å². The number of nitrogen functional groups attached to an aromatic ring is 1. The molecule has 0 atom stereocenters. The van der Waals surface area contributed by atoms with Crippen LogP contribution >= 0.6 is 0 Å². The minimum atomic E-state index is 0.637. The summed E-state index contributed by atoms with van der Waals surface area (Å²) in [4.78, 5) is 8.61. The Hall–Kier alpha value is -2.15. The Morgan fingerprint density at radius 2 is 1.89 bits per heavy atom. The van der Waals surface area contributed by atoms with E-state index in [9.17, 15) is 0 Å². The lowest BCUT2D eigenvalue weighted by Crippen LogP contribution is -2.14. The van der Waals surface area contributed by atoms with Gasteiger partial charge in [-0.15, -0.1) is 0 Å². The van der Waals surface area contributed by atoms with Gasteiger partial charge in [-0.1, -0.05) is 0 Å². The lowest BCUT2D eigenvalue weighted by molar-refractivity contribution is 0.756. The Morgan fingerprint density at radius 1 is 1.21 bits per heavy atom. The molecule has 0 saturated heterocycles. The Morgan fingerprint density at radius 3 is 2.47 bits per heavy atom. The van der Waals surface area contributed by atoms with E-state index in [1.165, 1.54) is 0 Å². The summed E-state index contributed by atoms with van der Waals surface area (Å²) in [6.07, 6.45) is 1.99. The molecule has 19 heavy (non-hydrogen) atoms. The summed E-state index contributed by atoms with van der Waals surface area (Å²) in [5.74, 6) is 7.53. The number of rotatable bonds is 4. The van der Waals surface area contributed by atoms with Crippen molar-refractivity contribution in [3.05, 3.63) is 28.8 Å². The molecule has 0 unspecified atom stereocenters. The largest absolute Gasteiger partial charge is 0.365 e. The van der Waals surface area contributed by atoms with Crippen molar-refractivity contribution in [1.82, 2.24) is 19.7 Å². The summed E-state index contributed by atoms with van der Waals surface area (Å²) in [7, 11) is 1.91. The summed E-state index contributed by atoms with van der Waals surface area (Å²) < 4.78 is 1.80. The fourth-order valence-electron chi connectivity index (χ4n) is 1.94. The van der Waals surface area contributed by atoms with Crippen LogP contribution in [0.1, 0.15) is 22.6 Å². The molecular weight excluding hydrogens is 242 g/mol. The lowest BCUT2D eigenvalue weighted by Gasteiger charge is -2.12. The molecule has 2 rings (SSSR count). The molecule has 0 fully saturated rings. The van der Waals surface area contributed by atoms with Crippen LogP contribution in [0.4, 0.5) is 11.6 Å². The average Bonchev–Trinajstić information content (AvgIpc) is 2.68. The van der Waals surface area contributed by atoms with Crippen LogP contribution in [-0.2, 0) is 13.6 Å². The third-order valence-electron chi connectivity index (χ3n) is 2.96. The van der Waals surface area contributed by atoms with Gasteiger partial charge < -0.3 is 10.7 Å². The van der Waals surface area contributed by atoms with Crippen molar-refractivity contribution in [3.63, 3.8) is 0 Å². The molecule has 102 valence electrons. The molecule has 0 bridgehead atoms. The number of nitrogens with one attached hydrogen (secondary N) is 2. The second-order valence-corrected chi connectivity index (χ2v) is 4.50. The fraction of sp³-hybridized carbons (Fsp3) is 0.417. The van der Waals surface area contributed by atoms with E-state index in [0.29, 0.717) is 18.2 Å². The fourth-order valence-corrected chi connectivity index (χ4v) is 1.94. The highest BCUT2D eigenvalue weighted by molar-refractivity contribution is 5.56. The Bertz CT molecular complexity index is 588. The number of anilines is 2. The number of aryl methyl sites for hydroxylation is 3. The molecule has 2 heterocycles. The van der Waals surface area contributed by atoms with Gasteiger partial charge in [0.15, 0.2) is 0 Å². The van der Waals surface area contributed by atoms with Gasteiger partial charge in [-0.3, -0.25) is 4.68 Å². The highest BCUT2D eigenvalue weighted by Gasteiger charge is 2.09. The van der Waals surface area contributed by atoms with Gasteiger partial charge in [0.25, 0.3) is 0 Å². The molecule has 0 aliphatic heterocycles. The highest BCUT2D eigenvalue weighted by Crippen LogP contribution is 2.19. The standard InChI is InChI=1S/C12H19N7/c1-7-11(15-9(3)16-12(7)17-13)14-5-10-6-19(4)18-8(10)2/h6H,5,13H2,1-4H3,(H2,14,15,16,17). The van der Waals surface area contributed by atoms with E-state index in [1.54, 1.807) is 4.68 Å². The number of nitrogens with zero attached hydrogens (tertiary/aromatic N) is 4. The van der Waals surface area contributed by atoms with Crippen LogP contribution in [0.2, 0.25) is 0 Å². The molecule has 0 amide bonds. The number of hydrazine groups is 1. The normalized spacial score (nSPS) is 10.6. The number of hydrogen-bond acceptors (Lipinski definition) is 6. The van der Waals surface area contributed by atoms with Crippen molar-refractivity contribution in [3.8, 4) is 0 Å². The minimum absolute atomic E-state index is 0.637. The number of nitrogens with two attached hydrogens (primary N) is 1. The van der Waals surface area contributed by atoms with E-state index >= 15 is 0 Å². The van der Waals surface area contributed by atoms with E-state index in [4.69, 9.17) is 5.84 Å². The lowest BCUT2D eigenvalue weighted by atomic mass is 10.2. The van der Waals surface area contributed by atoms with Gasteiger partial charge in [0.05, 0.1) is 5.69 Å². The van der Waals surface area contributed by atoms with E-state index in [0.717, 1.165) is 22.6 Å². The highest BCUT2D eigenvalue weighted by atomic mass is 15.3. The molecular formula is C12H19N7. The first kappa shape index (κ1) is 13.3. The molecule has 0 aromatic carbocycles. The van der Waals surface area contributed by atoms with Crippen LogP contribution in [0.3, 0.4) is 0 Å². The van der Waals surface area contributed by atoms with E-state index in [1.807, 2.05) is 34.0 Å². The molecule has 4 N–H and O–H groups in total. The zero-order chi connectivity index (χ0) is 14.0.